The van der Waals surface area contributed by atoms with Crippen LogP contribution in [0, 0.1) is 0 Å². The van der Waals surface area contributed by atoms with E-state index in [2.05, 4.69) is 21.2 Å². The fraction of sp³-hybridized carbons (Fsp3) is 0.167. The first-order chi connectivity index (χ1) is 8.60. The molecule has 0 spiro atoms. The number of nitrogens with one attached hydrogen (secondary N) is 1. The number of anilines is 1. The fourth-order valence-corrected chi connectivity index (χ4v) is 3.49. The van der Waals surface area contributed by atoms with E-state index in [1.165, 1.54) is 11.3 Å². The van der Waals surface area contributed by atoms with E-state index in [9.17, 15) is 5.11 Å². The normalized spacial score (nSPS) is 12.4. The second kappa shape index (κ2) is 6.26. The molecular formula is C12H10BrCl2NOS. The number of halogens is 3. The van der Waals surface area contributed by atoms with E-state index in [1.54, 1.807) is 6.07 Å². The minimum Gasteiger partial charge on any atom is -0.394 e. The van der Waals surface area contributed by atoms with Crippen molar-refractivity contribution in [2.24, 2.45) is 0 Å². The van der Waals surface area contributed by atoms with Crippen molar-refractivity contribution in [2.75, 3.05) is 11.9 Å². The molecule has 2 N–H and O–H groups in total. The van der Waals surface area contributed by atoms with Gasteiger partial charge in [-0.2, -0.15) is 0 Å². The summed E-state index contributed by atoms with van der Waals surface area (Å²) in [6.45, 7) is -0.0181. The van der Waals surface area contributed by atoms with Gasteiger partial charge in [-0.25, -0.2) is 0 Å². The molecule has 0 amide bonds. The maximum absolute atomic E-state index is 9.46. The molecule has 1 aromatic carbocycles. The molecule has 0 fully saturated rings. The first-order valence-electron chi connectivity index (χ1n) is 5.18. The molecule has 1 atom stereocenters. The van der Waals surface area contributed by atoms with Crippen molar-refractivity contribution in [1.29, 1.82) is 0 Å². The van der Waals surface area contributed by atoms with Crippen molar-refractivity contribution in [1.82, 2.24) is 0 Å². The molecule has 1 aromatic heterocycles. The zero-order valence-corrected chi connectivity index (χ0v) is 13.1. The minimum absolute atomic E-state index is 0.0181. The van der Waals surface area contributed by atoms with Gasteiger partial charge in [-0.15, -0.1) is 11.3 Å². The fourth-order valence-electron chi connectivity index (χ4n) is 1.52. The smallest absolute Gasteiger partial charge is 0.107 e. The predicted molar refractivity (Wildman–Crippen MR) is 81.9 cm³/mol. The first-order valence-corrected chi connectivity index (χ1v) is 7.54. The van der Waals surface area contributed by atoms with Crippen molar-refractivity contribution in [3.63, 3.8) is 0 Å². The molecule has 0 saturated heterocycles. The van der Waals surface area contributed by atoms with E-state index in [0.29, 0.717) is 9.36 Å². The standard InChI is InChI=1S/C12H10BrCl2NOS/c13-9-5-11(18-12(9)15)10(6-17)16-8-3-1-2-7(14)4-8/h1-5,10,16-17H,6H2. The lowest BCUT2D eigenvalue weighted by Crippen LogP contribution is -2.13. The van der Waals surface area contributed by atoms with E-state index < -0.39 is 0 Å². The average Bonchev–Trinajstić information content (AvgIpc) is 2.66. The molecule has 0 aliphatic rings. The predicted octanol–water partition coefficient (Wildman–Crippen LogP) is 4.96. The molecule has 0 saturated carbocycles. The Morgan fingerprint density at radius 2 is 2.11 bits per heavy atom. The van der Waals surface area contributed by atoms with Gasteiger partial charge in [0, 0.05) is 20.1 Å². The van der Waals surface area contributed by atoms with Crippen LogP contribution in [0.25, 0.3) is 0 Å². The summed E-state index contributed by atoms with van der Waals surface area (Å²) >= 11 is 16.7. The van der Waals surface area contributed by atoms with Gasteiger partial charge in [0.1, 0.15) is 4.34 Å². The molecule has 6 heteroatoms. The second-order valence-corrected chi connectivity index (χ2v) is 6.64. The van der Waals surface area contributed by atoms with Crippen LogP contribution < -0.4 is 5.32 Å². The number of aliphatic hydroxyl groups is 1. The molecule has 1 unspecified atom stereocenters. The summed E-state index contributed by atoms with van der Waals surface area (Å²) in [5, 5.41) is 13.3. The maximum atomic E-state index is 9.46. The quantitative estimate of drug-likeness (QED) is 0.801. The van der Waals surface area contributed by atoms with Crippen LogP contribution in [0.15, 0.2) is 34.8 Å². The molecule has 96 valence electrons. The Kier molecular flexibility index (Phi) is 4.92. The maximum Gasteiger partial charge on any atom is 0.107 e. The van der Waals surface area contributed by atoms with E-state index in [0.717, 1.165) is 15.0 Å². The zero-order valence-electron chi connectivity index (χ0n) is 9.16. The molecule has 2 rings (SSSR count). The van der Waals surface area contributed by atoms with Crippen LogP contribution in [0.1, 0.15) is 10.9 Å². The van der Waals surface area contributed by atoms with Gasteiger partial charge in [-0.05, 0) is 40.2 Å². The number of hydrogen-bond acceptors (Lipinski definition) is 3. The van der Waals surface area contributed by atoms with Gasteiger partial charge >= 0.3 is 0 Å². The minimum atomic E-state index is -0.197. The molecule has 2 nitrogen and oxygen atoms in total. The molecule has 18 heavy (non-hydrogen) atoms. The summed E-state index contributed by atoms with van der Waals surface area (Å²) in [5.74, 6) is 0. The lowest BCUT2D eigenvalue weighted by atomic mass is 10.2. The Morgan fingerprint density at radius 1 is 1.33 bits per heavy atom. The lowest BCUT2D eigenvalue weighted by Gasteiger charge is -2.16. The first kappa shape index (κ1) is 14.2. The van der Waals surface area contributed by atoms with Crippen LogP contribution in [-0.2, 0) is 0 Å². The molecule has 0 aliphatic heterocycles. The van der Waals surface area contributed by atoms with Gasteiger partial charge in [0.05, 0.1) is 12.6 Å². The molecular weight excluding hydrogens is 357 g/mol. The highest BCUT2D eigenvalue weighted by Crippen LogP contribution is 2.36. The third kappa shape index (κ3) is 3.39. The van der Waals surface area contributed by atoms with Crippen molar-refractivity contribution in [3.05, 3.63) is 49.0 Å². The monoisotopic (exact) mass is 365 g/mol. The number of aliphatic hydroxyl groups excluding tert-OH is 1. The van der Waals surface area contributed by atoms with E-state index in [4.69, 9.17) is 23.2 Å². The van der Waals surface area contributed by atoms with Crippen LogP contribution in [-0.4, -0.2) is 11.7 Å². The molecule has 0 aliphatic carbocycles. The Labute approximate surface area is 128 Å². The van der Waals surface area contributed by atoms with Gasteiger partial charge in [-0.3, -0.25) is 0 Å². The average molecular weight is 367 g/mol. The van der Waals surface area contributed by atoms with Gasteiger partial charge in [0.2, 0.25) is 0 Å². The van der Waals surface area contributed by atoms with E-state index in [1.807, 2.05) is 24.3 Å². The summed E-state index contributed by atoms with van der Waals surface area (Å²) in [4.78, 5) is 0.967. The molecule has 2 aromatic rings. The van der Waals surface area contributed by atoms with Crippen LogP contribution in [0.3, 0.4) is 0 Å². The van der Waals surface area contributed by atoms with Gasteiger partial charge < -0.3 is 10.4 Å². The van der Waals surface area contributed by atoms with Crippen molar-refractivity contribution < 1.29 is 5.11 Å². The van der Waals surface area contributed by atoms with Crippen molar-refractivity contribution in [2.45, 2.75) is 6.04 Å². The second-order valence-electron chi connectivity index (χ2n) is 3.66. The third-order valence-electron chi connectivity index (χ3n) is 2.36. The number of rotatable bonds is 4. The summed E-state index contributed by atoms with van der Waals surface area (Å²) in [5.41, 5.74) is 0.863. The third-order valence-corrected chi connectivity index (χ3v) is 5.18. The van der Waals surface area contributed by atoms with Crippen LogP contribution >= 0.6 is 50.5 Å². The highest BCUT2D eigenvalue weighted by Gasteiger charge is 2.15. The van der Waals surface area contributed by atoms with Crippen molar-refractivity contribution >= 4 is 56.2 Å². The summed E-state index contributed by atoms with van der Waals surface area (Å²) in [6, 6.07) is 9.09. The van der Waals surface area contributed by atoms with Gasteiger partial charge in [-0.1, -0.05) is 29.3 Å². The Bertz CT molecular complexity index is 527. The summed E-state index contributed by atoms with van der Waals surface area (Å²) < 4.78 is 1.52. The SMILES string of the molecule is OCC(Nc1cccc(Cl)c1)c1cc(Br)c(Cl)s1. The Hall–Kier alpha value is -0.260. The summed E-state index contributed by atoms with van der Waals surface area (Å²) in [6.07, 6.45) is 0. The number of benzene rings is 1. The topological polar surface area (TPSA) is 32.3 Å². The number of thiophene rings is 1. The molecule has 0 radical (unpaired) electrons. The molecule has 1 heterocycles. The lowest BCUT2D eigenvalue weighted by molar-refractivity contribution is 0.278. The zero-order chi connectivity index (χ0) is 13.1. The van der Waals surface area contributed by atoms with Crippen molar-refractivity contribution in [3.8, 4) is 0 Å². The van der Waals surface area contributed by atoms with E-state index >= 15 is 0 Å². The van der Waals surface area contributed by atoms with Gasteiger partial charge in [0.25, 0.3) is 0 Å². The van der Waals surface area contributed by atoms with Crippen LogP contribution in [0.4, 0.5) is 5.69 Å². The van der Waals surface area contributed by atoms with Crippen LogP contribution in [0.2, 0.25) is 9.36 Å². The van der Waals surface area contributed by atoms with E-state index in [-0.39, 0.29) is 12.6 Å². The molecule has 0 bridgehead atoms. The Morgan fingerprint density at radius 3 is 2.67 bits per heavy atom. The number of hydrogen-bond donors (Lipinski definition) is 2. The van der Waals surface area contributed by atoms with Crippen LogP contribution in [0.5, 0.6) is 0 Å². The highest BCUT2D eigenvalue weighted by atomic mass is 79.9. The van der Waals surface area contributed by atoms with Gasteiger partial charge in [0.15, 0.2) is 0 Å². The largest absolute Gasteiger partial charge is 0.394 e. The Balaban J connectivity index is 2.19. The highest BCUT2D eigenvalue weighted by molar-refractivity contribution is 9.10. The summed E-state index contributed by atoms with van der Waals surface area (Å²) in [7, 11) is 0.